The molecule has 2 aliphatic rings. The maximum atomic E-state index is 6.28. The summed E-state index contributed by atoms with van der Waals surface area (Å²) in [5, 5.41) is 6.59. The van der Waals surface area contributed by atoms with Gasteiger partial charge in [0.1, 0.15) is 12.2 Å². The van der Waals surface area contributed by atoms with Crippen LogP contribution in [0.15, 0.2) is 24.3 Å². The largest absolute Gasteiger partial charge is 0.387 e. The second-order valence-electron chi connectivity index (χ2n) is 7.54. The number of anilines is 1. The number of hydrogen-bond acceptors (Lipinski definition) is 5. The lowest BCUT2D eigenvalue weighted by molar-refractivity contribution is -0.0135. The SMILES string of the molecule is CCOC1C=c2nc3ccccc3c(NC)c2=CC1OCCCN1CCCC1. The fraction of sp³-hybridized carbons (Fsp3) is 0.522. The molecule has 1 aromatic heterocycles. The van der Waals surface area contributed by atoms with Crippen LogP contribution in [0.3, 0.4) is 0 Å². The zero-order valence-corrected chi connectivity index (χ0v) is 17.0. The van der Waals surface area contributed by atoms with Crippen molar-refractivity contribution in [3.8, 4) is 0 Å². The standard InChI is InChI=1S/C23H31N3O2/c1-3-27-22-16-20-18(23(24-2)17-9-4-5-10-19(17)25-20)15-21(22)28-14-8-13-26-11-6-7-12-26/h4-5,9-10,15-16,21-22,24H,3,6-8,11-14H2,1-2H3. The highest BCUT2D eigenvalue weighted by Gasteiger charge is 2.23. The highest BCUT2D eigenvalue weighted by atomic mass is 16.5. The quantitative estimate of drug-likeness (QED) is 0.710. The molecule has 5 heteroatoms. The molecule has 2 heterocycles. The van der Waals surface area contributed by atoms with Gasteiger partial charge in [-0.25, -0.2) is 4.98 Å². The van der Waals surface area contributed by atoms with E-state index >= 15 is 0 Å². The lowest BCUT2D eigenvalue weighted by atomic mass is 10.0. The first kappa shape index (κ1) is 19.4. The summed E-state index contributed by atoms with van der Waals surface area (Å²) in [6.07, 6.45) is 7.87. The summed E-state index contributed by atoms with van der Waals surface area (Å²) >= 11 is 0. The number of nitrogens with zero attached hydrogens (tertiary/aromatic N) is 2. The number of rotatable bonds is 8. The summed E-state index contributed by atoms with van der Waals surface area (Å²) in [6.45, 7) is 7.04. The Morgan fingerprint density at radius 1 is 1.11 bits per heavy atom. The average molecular weight is 382 g/mol. The van der Waals surface area contributed by atoms with Crippen LogP contribution < -0.4 is 15.9 Å². The summed E-state index contributed by atoms with van der Waals surface area (Å²) in [5.74, 6) is 0. The number of ether oxygens (including phenoxy) is 2. The van der Waals surface area contributed by atoms with Gasteiger partial charge in [0, 0.05) is 37.4 Å². The van der Waals surface area contributed by atoms with E-state index < -0.39 is 0 Å². The number of fused-ring (bicyclic) bond motifs is 2. The van der Waals surface area contributed by atoms with Crippen molar-refractivity contribution in [3.63, 3.8) is 0 Å². The van der Waals surface area contributed by atoms with Crippen molar-refractivity contribution in [3.05, 3.63) is 34.8 Å². The van der Waals surface area contributed by atoms with Crippen molar-refractivity contribution in [2.45, 2.75) is 38.4 Å². The monoisotopic (exact) mass is 381 g/mol. The molecular weight excluding hydrogens is 350 g/mol. The smallest absolute Gasteiger partial charge is 0.108 e. The third-order valence-electron chi connectivity index (χ3n) is 5.67. The van der Waals surface area contributed by atoms with Crippen LogP contribution in [-0.2, 0) is 9.47 Å². The van der Waals surface area contributed by atoms with E-state index in [1.807, 2.05) is 20.0 Å². The van der Waals surface area contributed by atoms with Gasteiger partial charge in [-0.1, -0.05) is 18.2 Å². The first-order chi connectivity index (χ1) is 13.8. The van der Waals surface area contributed by atoms with Gasteiger partial charge in [-0.3, -0.25) is 0 Å². The Morgan fingerprint density at radius 2 is 1.89 bits per heavy atom. The molecule has 2 aromatic rings. The predicted octanol–water partition coefficient (Wildman–Crippen LogP) is 2.13. The fourth-order valence-electron chi connectivity index (χ4n) is 4.31. The zero-order valence-electron chi connectivity index (χ0n) is 17.0. The summed E-state index contributed by atoms with van der Waals surface area (Å²) in [4.78, 5) is 7.40. The van der Waals surface area contributed by atoms with Gasteiger partial charge in [0.05, 0.1) is 16.6 Å². The molecule has 5 nitrogen and oxygen atoms in total. The van der Waals surface area contributed by atoms with Crippen molar-refractivity contribution in [1.82, 2.24) is 9.88 Å². The maximum absolute atomic E-state index is 6.28. The molecule has 28 heavy (non-hydrogen) atoms. The third-order valence-corrected chi connectivity index (χ3v) is 5.67. The van der Waals surface area contributed by atoms with Crippen molar-refractivity contribution in [1.29, 1.82) is 0 Å². The van der Waals surface area contributed by atoms with Gasteiger partial charge in [0.15, 0.2) is 0 Å². The zero-order chi connectivity index (χ0) is 19.3. The lowest BCUT2D eigenvalue weighted by Gasteiger charge is -2.26. The Balaban J connectivity index is 1.58. The molecule has 0 radical (unpaired) electrons. The number of aromatic nitrogens is 1. The molecule has 0 amide bonds. The van der Waals surface area contributed by atoms with E-state index in [1.165, 1.54) is 25.9 Å². The van der Waals surface area contributed by atoms with Gasteiger partial charge in [-0.2, -0.15) is 0 Å². The Morgan fingerprint density at radius 3 is 2.68 bits per heavy atom. The van der Waals surface area contributed by atoms with Gasteiger partial charge in [-0.05, 0) is 57.5 Å². The minimum Gasteiger partial charge on any atom is -0.387 e. The number of hydrogen-bond donors (Lipinski definition) is 1. The van der Waals surface area contributed by atoms with Gasteiger partial charge >= 0.3 is 0 Å². The molecule has 150 valence electrons. The Kier molecular flexibility index (Phi) is 6.25. The van der Waals surface area contributed by atoms with Crippen LogP contribution in [0.1, 0.15) is 26.2 Å². The van der Waals surface area contributed by atoms with Gasteiger partial charge < -0.3 is 19.7 Å². The molecule has 0 spiro atoms. The second-order valence-corrected chi connectivity index (χ2v) is 7.54. The topological polar surface area (TPSA) is 46.6 Å². The summed E-state index contributed by atoms with van der Waals surface area (Å²) < 4.78 is 12.3. The summed E-state index contributed by atoms with van der Waals surface area (Å²) in [6, 6.07) is 8.25. The van der Waals surface area contributed by atoms with Gasteiger partial charge in [0.25, 0.3) is 0 Å². The van der Waals surface area contributed by atoms with Gasteiger partial charge in [-0.15, -0.1) is 0 Å². The number of pyridine rings is 1. The lowest BCUT2D eigenvalue weighted by Crippen LogP contribution is -2.43. The van der Waals surface area contributed by atoms with Crippen LogP contribution in [-0.4, -0.2) is 62.0 Å². The molecule has 2 unspecified atom stereocenters. The van der Waals surface area contributed by atoms with E-state index in [9.17, 15) is 0 Å². The number of nitrogens with one attached hydrogen (secondary N) is 1. The molecular formula is C23H31N3O2. The Labute approximate surface area is 167 Å². The molecule has 4 rings (SSSR count). The number of likely N-dealkylation sites (tertiary alicyclic amines) is 1. The first-order valence-corrected chi connectivity index (χ1v) is 10.6. The van der Waals surface area contributed by atoms with Crippen LogP contribution in [0.5, 0.6) is 0 Å². The molecule has 1 fully saturated rings. The predicted molar refractivity (Wildman–Crippen MR) is 115 cm³/mol. The molecule has 0 saturated carbocycles. The first-order valence-electron chi connectivity index (χ1n) is 10.6. The van der Waals surface area contributed by atoms with Crippen LogP contribution in [0.2, 0.25) is 0 Å². The summed E-state index contributed by atoms with van der Waals surface area (Å²) in [7, 11) is 1.97. The minimum atomic E-state index is -0.0948. The highest BCUT2D eigenvalue weighted by molar-refractivity contribution is 5.91. The van der Waals surface area contributed by atoms with Crippen molar-refractivity contribution < 1.29 is 9.47 Å². The molecule has 1 aliphatic carbocycles. The number of para-hydroxylation sites is 1. The summed E-state index contributed by atoms with van der Waals surface area (Å²) in [5.41, 5.74) is 2.10. The van der Waals surface area contributed by atoms with E-state index in [4.69, 9.17) is 14.5 Å². The molecule has 1 aliphatic heterocycles. The maximum Gasteiger partial charge on any atom is 0.108 e. The van der Waals surface area contributed by atoms with Crippen molar-refractivity contribution in [2.24, 2.45) is 0 Å². The molecule has 1 saturated heterocycles. The third kappa shape index (κ3) is 4.07. The molecule has 2 atom stereocenters. The number of benzene rings is 1. The van der Waals surface area contributed by atoms with E-state index in [0.29, 0.717) is 6.61 Å². The molecule has 1 aromatic carbocycles. The Bertz CT molecular complexity index is 921. The Hall–Kier alpha value is -1.95. The van der Waals surface area contributed by atoms with Crippen molar-refractivity contribution in [2.75, 3.05) is 45.2 Å². The van der Waals surface area contributed by atoms with E-state index in [1.54, 1.807) is 0 Å². The van der Waals surface area contributed by atoms with E-state index in [-0.39, 0.29) is 12.2 Å². The molecule has 0 bridgehead atoms. The minimum absolute atomic E-state index is 0.0823. The van der Waals surface area contributed by atoms with Crippen LogP contribution in [0.4, 0.5) is 5.69 Å². The van der Waals surface area contributed by atoms with Gasteiger partial charge in [0.2, 0.25) is 0 Å². The average Bonchev–Trinajstić information content (AvgIpc) is 3.23. The second kappa shape index (κ2) is 9.03. The molecule has 1 N–H and O–H groups in total. The van der Waals surface area contributed by atoms with E-state index in [0.717, 1.165) is 46.7 Å². The van der Waals surface area contributed by atoms with Crippen LogP contribution in [0, 0.1) is 0 Å². The van der Waals surface area contributed by atoms with Crippen LogP contribution in [0.25, 0.3) is 23.1 Å². The van der Waals surface area contributed by atoms with Crippen molar-refractivity contribution >= 4 is 28.7 Å². The highest BCUT2D eigenvalue weighted by Crippen LogP contribution is 2.19. The van der Waals surface area contributed by atoms with Crippen LogP contribution >= 0.6 is 0 Å². The fourth-order valence-corrected chi connectivity index (χ4v) is 4.31. The van der Waals surface area contributed by atoms with E-state index in [2.05, 4.69) is 40.6 Å². The normalized spacial score (nSPS) is 21.9.